The predicted molar refractivity (Wildman–Crippen MR) is 71.4 cm³/mol. The summed E-state index contributed by atoms with van der Waals surface area (Å²) in [6.45, 7) is 12.9. The average molecular weight is 226 g/mol. The van der Waals surface area contributed by atoms with Crippen LogP contribution in [0.1, 0.15) is 47.0 Å². The molecule has 1 aliphatic heterocycles. The van der Waals surface area contributed by atoms with Crippen molar-refractivity contribution in [2.24, 2.45) is 23.5 Å². The second-order valence-corrected chi connectivity index (χ2v) is 6.31. The van der Waals surface area contributed by atoms with Crippen LogP contribution < -0.4 is 5.73 Å². The number of likely N-dealkylation sites (tertiary alicyclic amines) is 1. The van der Waals surface area contributed by atoms with E-state index in [1.807, 2.05) is 0 Å². The van der Waals surface area contributed by atoms with Gasteiger partial charge in [0.1, 0.15) is 0 Å². The monoisotopic (exact) mass is 226 g/mol. The highest BCUT2D eigenvalue weighted by Gasteiger charge is 2.22. The van der Waals surface area contributed by atoms with Crippen molar-refractivity contribution in [2.75, 3.05) is 19.6 Å². The third kappa shape index (κ3) is 4.84. The summed E-state index contributed by atoms with van der Waals surface area (Å²) in [6.07, 6.45) is 3.96. The van der Waals surface area contributed by atoms with Gasteiger partial charge in [0.25, 0.3) is 0 Å². The fourth-order valence-corrected chi connectivity index (χ4v) is 2.68. The van der Waals surface area contributed by atoms with Crippen LogP contribution in [0.15, 0.2) is 0 Å². The molecular weight excluding hydrogens is 196 g/mol. The number of nitrogens with zero attached hydrogens (tertiary/aromatic N) is 1. The highest BCUT2D eigenvalue weighted by Crippen LogP contribution is 2.23. The summed E-state index contributed by atoms with van der Waals surface area (Å²) in [4.78, 5) is 2.63. The summed E-state index contributed by atoms with van der Waals surface area (Å²) < 4.78 is 0. The van der Waals surface area contributed by atoms with Gasteiger partial charge in [0.2, 0.25) is 0 Å². The molecule has 0 aromatic carbocycles. The van der Waals surface area contributed by atoms with Gasteiger partial charge in [-0.15, -0.1) is 0 Å². The second-order valence-electron chi connectivity index (χ2n) is 6.31. The lowest BCUT2D eigenvalue weighted by molar-refractivity contribution is 0.145. The van der Waals surface area contributed by atoms with Gasteiger partial charge in [0.05, 0.1) is 0 Å². The van der Waals surface area contributed by atoms with Crippen LogP contribution in [0, 0.1) is 17.8 Å². The molecule has 1 heterocycles. The van der Waals surface area contributed by atoms with Gasteiger partial charge < -0.3 is 10.6 Å². The molecule has 0 aliphatic carbocycles. The van der Waals surface area contributed by atoms with E-state index >= 15 is 0 Å². The SMILES string of the molecule is CC(C)CN1CCCC(CC(N)C(C)C)C1. The Morgan fingerprint density at radius 1 is 1.25 bits per heavy atom. The van der Waals surface area contributed by atoms with Crippen molar-refractivity contribution in [1.29, 1.82) is 0 Å². The fourth-order valence-electron chi connectivity index (χ4n) is 2.68. The maximum absolute atomic E-state index is 6.18. The lowest BCUT2D eigenvalue weighted by Gasteiger charge is -2.35. The molecule has 0 aromatic rings. The lowest BCUT2D eigenvalue weighted by Crippen LogP contribution is -2.40. The third-order valence-electron chi connectivity index (χ3n) is 3.69. The molecule has 2 N–H and O–H groups in total. The Kier molecular flexibility index (Phi) is 5.77. The van der Waals surface area contributed by atoms with E-state index in [1.165, 1.54) is 38.9 Å². The second kappa shape index (κ2) is 6.61. The maximum Gasteiger partial charge on any atom is 0.00650 e. The Hall–Kier alpha value is -0.0800. The Labute approximate surface area is 102 Å². The van der Waals surface area contributed by atoms with E-state index in [4.69, 9.17) is 5.73 Å². The highest BCUT2D eigenvalue weighted by molar-refractivity contribution is 4.78. The molecular formula is C14H30N2. The van der Waals surface area contributed by atoms with E-state index in [0.29, 0.717) is 12.0 Å². The molecule has 96 valence electrons. The smallest absolute Gasteiger partial charge is 0.00650 e. The maximum atomic E-state index is 6.18. The third-order valence-corrected chi connectivity index (χ3v) is 3.69. The summed E-state index contributed by atoms with van der Waals surface area (Å²) in [5.74, 6) is 2.25. The molecule has 16 heavy (non-hydrogen) atoms. The van der Waals surface area contributed by atoms with E-state index < -0.39 is 0 Å². The molecule has 0 saturated carbocycles. The zero-order chi connectivity index (χ0) is 12.1. The van der Waals surface area contributed by atoms with Gasteiger partial charge >= 0.3 is 0 Å². The van der Waals surface area contributed by atoms with Crippen LogP contribution in [0.3, 0.4) is 0 Å². The number of rotatable bonds is 5. The van der Waals surface area contributed by atoms with Gasteiger partial charge in [0, 0.05) is 19.1 Å². The minimum atomic E-state index is 0.393. The minimum absolute atomic E-state index is 0.393. The Morgan fingerprint density at radius 2 is 1.94 bits per heavy atom. The van der Waals surface area contributed by atoms with Crippen LogP contribution in [-0.2, 0) is 0 Å². The first-order valence-electron chi connectivity index (χ1n) is 6.97. The zero-order valence-electron chi connectivity index (χ0n) is 11.6. The lowest BCUT2D eigenvalue weighted by atomic mass is 9.87. The molecule has 1 rings (SSSR count). The normalized spacial score (nSPS) is 25.3. The predicted octanol–water partition coefficient (Wildman–Crippen LogP) is 2.73. The standard InChI is InChI=1S/C14H30N2/c1-11(2)9-16-7-5-6-13(10-16)8-14(15)12(3)4/h11-14H,5-10,15H2,1-4H3. The summed E-state index contributed by atoms with van der Waals surface area (Å²) in [5.41, 5.74) is 6.18. The molecule has 1 fully saturated rings. The van der Waals surface area contributed by atoms with Gasteiger partial charge in [0.15, 0.2) is 0 Å². The first-order chi connectivity index (χ1) is 7.49. The number of hydrogen-bond acceptors (Lipinski definition) is 2. The Bertz CT molecular complexity index is 189. The van der Waals surface area contributed by atoms with Crippen LogP contribution in [0.5, 0.6) is 0 Å². The molecule has 2 atom stereocenters. The van der Waals surface area contributed by atoms with E-state index in [-0.39, 0.29) is 0 Å². The summed E-state index contributed by atoms with van der Waals surface area (Å²) in [6, 6.07) is 0.393. The van der Waals surface area contributed by atoms with Gasteiger partial charge in [-0.05, 0) is 43.6 Å². The first kappa shape index (κ1) is 14.0. The summed E-state index contributed by atoms with van der Waals surface area (Å²) in [7, 11) is 0. The quantitative estimate of drug-likeness (QED) is 0.781. The fraction of sp³-hybridized carbons (Fsp3) is 1.00. The highest BCUT2D eigenvalue weighted by atomic mass is 15.1. The van der Waals surface area contributed by atoms with Crippen LogP contribution in [0.2, 0.25) is 0 Å². The number of nitrogens with two attached hydrogens (primary N) is 1. The van der Waals surface area contributed by atoms with E-state index in [9.17, 15) is 0 Å². The van der Waals surface area contributed by atoms with Crippen molar-refractivity contribution in [3.63, 3.8) is 0 Å². The van der Waals surface area contributed by atoms with Crippen molar-refractivity contribution in [2.45, 2.75) is 53.0 Å². The van der Waals surface area contributed by atoms with Crippen molar-refractivity contribution in [1.82, 2.24) is 4.90 Å². The molecule has 2 nitrogen and oxygen atoms in total. The van der Waals surface area contributed by atoms with Crippen LogP contribution in [0.4, 0.5) is 0 Å². The van der Waals surface area contributed by atoms with Crippen LogP contribution in [-0.4, -0.2) is 30.6 Å². The molecule has 2 heteroatoms. The average Bonchev–Trinajstić information content (AvgIpc) is 2.16. The number of piperidine rings is 1. The topological polar surface area (TPSA) is 29.3 Å². The Balaban J connectivity index is 2.32. The minimum Gasteiger partial charge on any atom is -0.327 e. The number of hydrogen-bond donors (Lipinski definition) is 1. The van der Waals surface area contributed by atoms with Crippen LogP contribution >= 0.6 is 0 Å². The Morgan fingerprint density at radius 3 is 2.50 bits per heavy atom. The summed E-state index contributed by atoms with van der Waals surface area (Å²) >= 11 is 0. The van der Waals surface area contributed by atoms with Crippen molar-refractivity contribution in [3.8, 4) is 0 Å². The molecule has 0 aromatic heterocycles. The van der Waals surface area contributed by atoms with E-state index in [0.717, 1.165) is 11.8 Å². The van der Waals surface area contributed by atoms with E-state index in [2.05, 4.69) is 32.6 Å². The summed E-state index contributed by atoms with van der Waals surface area (Å²) in [5, 5.41) is 0. The molecule has 0 radical (unpaired) electrons. The van der Waals surface area contributed by atoms with Crippen molar-refractivity contribution in [3.05, 3.63) is 0 Å². The van der Waals surface area contributed by atoms with Crippen molar-refractivity contribution >= 4 is 0 Å². The largest absolute Gasteiger partial charge is 0.327 e. The zero-order valence-corrected chi connectivity index (χ0v) is 11.6. The van der Waals surface area contributed by atoms with Gasteiger partial charge in [-0.25, -0.2) is 0 Å². The molecule has 0 bridgehead atoms. The van der Waals surface area contributed by atoms with Gasteiger partial charge in [-0.2, -0.15) is 0 Å². The van der Waals surface area contributed by atoms with Gasteiger partial charge in [-0.1, -0.05) is 27.7 Å². The molecule has 1 aliphatic rings. The van der Waals surface area contributed by atoms with E-state index in [1.54, 1.807) is 0 Å². The molecule has 1 saturated heterocycles. The van der Waals surface area contributed by atoms with Crippen molar-refractivity contribution < 1.29 is 0 Å². The molecule has 0 amide bonds. The first-order valence-corrected chi connectivity index (χ1v) is 6.97. The molecule has 0 spiro atoms. The molecule has 2 unspecified atom stereocenters. The van der Waals surface area contributed by atoms with Crippen LogP contribution in [0.25, 0.3) is 0 Å². The van der Waals surface area contributed by atoms with Gasteiger partial charge in [-0.3, -0.25) is 0 Å².